The summed E-state index contributed by atoms with van der Waals surface area (Å²) in [7, 11) is -3.23. The van der Waals surface area contributed by atoms with Crippen LogP contribution in [0.4, 0.5) is 0 Å². The van der Waals surface area contributed by atoms with Crippen molar-refractivity contribution in [1.82, 2.24) is 9.62 Å². The number of hydrogen-bond donors (Lipinski definition) is 1. The van der Waals surface area contributed by atoms with Gasteiger partial charge in [0, 0.05) is 24.0 Å². The van der Waals surface area contributed by atoms with Crippen molar-refractivity contribution in [3.8, 4) is 0 Å². The maximum absolute atomic E-state index is 12.5. The highest BCUT2D eigenvalue weighted by molar-refractivity contribution is 8.00. The van der Waals surface area contributed by atoms with E-state index in [9.17, 15) is 13.2 Å². The van der Waals surface area contributed by atoms with Gasteiger partial charge < -0.3 is 4.90 Å². The van der Waals surface area contributed by atoms with E-state index in [0.29, 0.717) is 18.8 Å². The minimum atomic E-state index is -3.23. The van der Waals surface area contributed by atoms with Crippen molar-refractivity contribution in [3.05, 3.63) is 29.8 Å². The molecule has 128 valence electrons. The lowest BCUT2D eigenvalue weighted by molar-refractivity contribution is -0.131. The van der Waals surface area contributed by atoms with Gasteiger partial charge >= 0.3 is 0 Å². The number of thioether (sulfide) groups is 1. The maximum Gasteiger partial charge on any atom is 0.233 e. The zero-order valence-corrected chi connectivity index (χ0v) is 15.3. The predicted molar refractivity (Wildman–Crippen MR) is 94.1 cm³/mol. The Balaban J connectivity index is 1.94. The number of sulfonamides is 1. The third kappa shape index (κ3) is 5.82. The SMILES string of the molecule is Cc1ccccc1SCC(=O)N1CCCCC1CNS(C)(=O)=O. The zero-order chi connectivity index (χ0) is 16.9. The number of hydrogen-bond acceptors (Lipinski definition) is 4. The van der Waals surface area contributed by atoms with Gasteiger partial charge in [-0.05, 0) is 37.8 Å². The van der Waals surface area contributed by atoms with Crippen LogP contribution in [0, 0.1) is 6.92 Å². The normalized spacial score (nSPS) is 18.9. The first-order valence-corrected chi connectivity index (χ1v) is 10.7. The second-order valence-corrected chi connectivity index (χ2v) is 8.76. The number of aryl methyl sites for hydroxylation is 1. The molecular formula is C16H24N2O3S2. The Bertz CT molecular complexity index is 646. The number of likely N-dealkylation sites (tertiary alicyclic amines) is 1. The standard InChI is InChI=1S/C16H24N2O3S2/c1-13-7-3-4-9-15(13)22-12-16(19)18-10-6-5-8-14(18)11-17-23(2,20)21/h3-4,7,9,14,17H,5-6,8,10-12H2,1-2H3. The van der Waals surface area contributed by atoms with E-state index in [4.69, 9.17) is 0 Å². The summed E-state index contributed by atoms with van der Waals surface area (Å²) in [6.07, 6.45) is 4.01. The van der Waals surface area contributed by atoms with E-state index in [2.05, 4.69) is 4.72 Å². The number of nitrogens with one attached hydrogen (secondary N) is 1. The van der Waals surface area contributed by atoms with Gasteiger partial charge in [0.15, 0.2) is 0 Å². The van der Waals surface area contributed by atoms with Crippen LogP contribution in [0.2, 0.25) is 0 Å². The second-order valence-electron chi connectivity index (χ2n) is 5.91. The molecule has 1 unspecified atom stereocenters. The third-order valence-corrected chi connectivity index (χ3v) is 5.82. The highest BCUT2D eigenvalue weighted by Crippen LogP contribution is 2.24. The van der Waals surface area contributed by atoms with Gasteiger partial charge in [0.05, 0.1) is 12.0 Å². The average molecular weight is 357 g/mol. The molecule has 0 aliphatic carbocycles. The van der Waals surface area contributed by atoms with E-state index < -0.39 is 10.0 Å². The molecule has 1 aliphatic rings. The molecule has 7 heteroatoms. The molecule has 1 atom stereocenters. The monoisotopic (exact) mass is 356 g/mol. The topological polar surface area (TPSA) is 66.5 Å². The molecule has 1 N–H and O–H groups in total. The molecule has 1 saturated heterocycles. The van der Waals surface area contributed by atoms with E-state index in [-0.39, 0.29) is 11.9 Å². The van der Waals surface area contributed by atoms with Crippen molar-refractivity contribution in [2.45, 2.75) is 37.1 Å². The van der Waals surface area contributed by atoms with Crippen molar-refractivity contribution in [2.75, 3.05) is 25.1 Å². The van der Waals surface area contributed by atoms with Crippen LogP contribution in [0.25, 0.3) is 0 Å². The molecular weight excluding hydrogens is 332 g/mol. The van der Waals surface area contributed by atoms with Gasteiger partial charge in [-0.3, -0.25) is 4.79 Å². The van der Waals surface area contributed by atoms with E-state index in [1.54, 1.807) is 11.8 Å². The summed E-state index contributed by atoms with van der Waals surface area (Å²) in [5.74, 6) is 0.471. The Labute approximate surface area is 142 Å². The Morgan fingerprint density at radius 3 is 2.78 bits per heavy atom. The molecule has 1 aromatic rings. The molecule has 0 bridgehead atoms. The fraction of sp³-hybridized carbons (Fsp3) is 0.562. The summed E-state index contributed by atoms with van der Waals surface area (Å²) in [5, 5.41) is 0. The van der Waals surface area contributed by atoms with Crippen LogP contribution >= 0.6 is 11.8 Å². The van der Waals surface area contributed by atoms with Crippen LogP contribution in [0.15, 0.2) is 29.2 Å². The third-order valence-electron chi connectivity index (χ3n) is 3.97. The molecule has 0 radical (unpaired) electrons. The number of amides is 1. The minimum absolute atomic E-state index is 0.0385. The Hall–Kier alpha value is -1.05. The number of piperidine rings is 1. The van der Waals surface area contributed by atoms with Gasteiger partial charge in [0.1, 0.15) is 0 Å². The lowest BCUT2D eigenvalue weighted by Gasteiger charge is -2.35. The van der Waals surface area contributed by atoms with Crippen LogP contribution < -0.4 is 4.72 Å². The number of carbonyl (C=O) groups is 1. The highest BCUT2D eigenvalue weighted by atomic mass is 32.2. The van der Waals surface area contributed by atoms with Crippen LogP contribution in [0.5, 0.6) is 0 Å². The Morgan fingerprint density at radius 2 is 2.09 bits per heavy atom. The molecule has 0 aromatic heterocycles. The maximum atomic E-state index is 12.5. The van der Waals surface area contributed by atoms with Gasteiger partial charge in [0.2, 0.25) is 15.9 Å². The number of carbonyl (C=O) groups excluding carboxylic acids is 1. The summed E-state index contributed by atoms with van der Waals surface area (Å²) in [6, 6.07) is 7.97. The van der Waals surface area contributed by atoms with Crippen molar-refractivity contribution in [3.63, 3.8) is 0 Å². The largest absolute Gasteiger partial charge is 0.338 e. The van der Waals surface area contributed by atoms with E-state index in [1.807, 2.05) is 36.1 Å². The van der Waals surface area contributed by atoms with Gasteiger partial charge in [-0.2, -0.15) is 0 Å². The number of rotatable bonds is 6. The average Bonchev–Trinajstić information content (AvgIpc) is 2.51. The fourth-order valence-corrected chi connectivity index (χ4v) is 4.14. The molecule has 23 heavy (non-hydrogen) atoms. The van der Waals surface area contributed by atoms with Crippen molar-refractivity contribution >= 4 is 27.7 Å². The lowest BCUT2D eigenvalue weighted by Crippen LogP contribution is -2.49. The molecule has 1 aromatic carbocycles. The summed E-state index contributed by atoms with van der Waals surface area (Å²) < 4.78 is 25.1. The van der Waals surface area contributed by atoms with Gasteiger partial charge in [-0.15, -0.1) is 11.8 Å². The predicted octanol–water partition coefficient (Wildman–Crippen LogP) is 2.02. The highest BCUT2D eigenvalue weighted by Gasteiger charge is 2.27. The molecule has 1 aliphatic heterocycles. The zero-order valence-electron chi connectivity index (χ0n) is 13.6. The van der Waals surface area contributed by atoms with Crippen LogP contribution in [-0.2, 0) is 14.8 Å². The van der Waals surface area contributed by atoms with E-state index in [1.165, 1.54) is 5.56 Å². The molecule has 2 rings (SSSR count). The summed E-state index contributed by atoms with van der Waals surface area (Å²) in [4.78, 5) is 15.5. The molecule has 0 saturated carbocycles. The fourth-order valence-electron chi connectivity index (χ4n) is 2.73. The number of nitrogens with zero attached hydrogens (tertiary/aromatic N) is 1. The van der Waals surface area contributed by atoms with Crippen molar-refractivity contribution in [2.24, 2.45) is 0 Å². The first-order valence-electron chi connectivity index (χ1n) is 7.79. The summed E-state index contributed by atoms with van der Waals surface area (Å²) in [6.45, 7) is 3.05. The van der Waals surface area contributed by atoms with E-state index >= 15 is 0 Å². The Morgan fingerprint density at radius 1 is 1.35 bits per heavy atom. The van der Waals surface area contributed by atoms with Gasteiger partial charge in [0.25, 0.3) is 0 Å². The van der Waals surface area contributed by atoms with E-state index in [0.717, 1.165) is 30.4 Å². The molecule has 1 fully saturated rings. The van der Waals surface area contributed by atoms with Crippen molar-refractivity contribution in [1.29, 1.82) is 0 Å². The minimum Gasteiger partial charge on any atom is -0.338 e. The number of benzene rings is 1. The lowest BCUT2D eigenvalue weighted by atomic mass is 10.0. The first-order chi connectivity index (χ1) is 10.9. The molecule has 5 nitrogen and oxygen atoms in total. The summed E-state index contributed by atoms with van der Waals surface area (Å²) in [5.41, 5.74) is 1.17. The quantitative estimate of drug-likeness (QED) is 0.792. The van der Waals surface area contributed by atoms with Gasteiger partial charge in [-0.25, -0.2) is 13.1 Å². The second kappa shape index (κ2) is 8.17. The molecule has 1 heterocycles. The molecule has 0 spiro atoms. The van der Waals surface area contributed by atoms with Crippen LogP contribution in [0.1, 0.15) is 24.8 Å². The smallest absolute Gasteiger partial charge is 0.233 e. The Kier molecular flexibility index (Phi) is 6.50. The van der Waals surface area contributed by atoms with Crippen LogP contribution in [0.3, 0.4) is 0 Å². The van der Waals surface area contributed by atoms with Crippen LogP contribution in [-0.4, -0.2) is 50.4 Å². The first kappa shape index (κ1) is 18.3. The van der Waals surface area contributed by atoms with Gasteiger partial charge in [-0.1, -0.05) is 18.2 Å². The molecule has 1 amide bonds. The summed E-state index contributed by atoms with van der Waals surface area (Å²) >= 11 is 1.54. The van der Waals surface area contributed by atoms with Crippen molar-refractivity contribution < 1.29 is 13.2 Å².